The molecule has 1 aromatic carbocycles. The van der Waals surface area contributed by atoms with Crippen LogP contribution in [0.4, 0.5) is 0 Å². The highest BCUT2D eigenvalue weighted by Gasteiger charge is 2.26. The first-order valence-electron chi connectivity index (χ1n) is 7.28. The number of nitrogens with zero attached hydrogens (tertiary/aromatic N) is 1. The number of benzene rings is 1. The van der Waals surface area contributed by atoms with Crippen molar-refractivity contribution in [3.05, 3.63) is 35.4 Å². The van der Waals surface area contributed by atoms with Crippen LogP contribution in [0.25, 0.3) is 0 Å². The summed E-state index contributed by atoms with van der Waals surface area (Å²) < 4.78 is 0. The normalized spacial score (nSPS) is 15.6. The first-order valence-corrected chi connectivity index (χ1v) is 7.28. The number of nitrogens with one attached hydrogen (secondary N) is 2. The van der Waals surface area contributed by atoms with Gasteiger partial charge >= 0.3 is 0 Å². The van der Waals surface area contributed by atoms with E-state index in [1.807, 2.05) is 50.2 Å². The van der Waals surface area contributed by atoms with Crippen molar-refractivity contribution in [3.63, 3.8) is 0 Å². The predicted molar refractivity (Wildman–Crippen MR) is 81.8 cm³/mol. The van der Waals surface area contributed by atoms with E-state index in [-0.39, 0.29) is 24.4 Å². The molecular weight excluding hydrogens is 266 g/mol. The highest BCUT2D eigenvalue weighted by molar-refractivity contribution is 5.88. The van der Waals surface area contributed by atoms with Crippen LogP contribution in [0.2, 0.25) is 0 Å². The lowest BCUT2D eigenvalue weighted by molar-refractivity contribution is -0.129. The zero-order chi connectivity index (χ0) is 15.4. The minimum Gasteiger partial charge on any atom is -0.352 e. The van der Waals surface area contributed by atoms with Crippen molar-refractivity contribution in [1.82, 2.24) is 15.5 Å². The molecule has 1 atom stereocenters. The summed E-state index contributed by atoms with van der Waals surface area (Å²) in [6.07, 6.45) is 2.09. The van der Waals surface area contributed by atoms with Crippen LogP contribution in [-0.2, 0) is 9.59 Å². The van der Waals surface area contributed by atoms with Crippen LogP contribution < -0.4 is 10.6 Å². The lowest BCUT2D eigenvalue weighted by atomic mass is 10.00. The maximum absolute atomic E-state index is 12.4. The van der Waals surface area contributed by atoms with Gasteiger partial charge in [-0.2, -0.15) is 0 Å². The molecule has 0 radical (unpaired) electrons. The smallest absolute Gasteiger partial charge is 0.242 e. The van der Waals surface area contributed by atoms with Crippen molar-refractivity contribution in [2.75, 3.05) is 20.6 Å². The highest BCUT2D eigenvalue weighted by Crippen LogP contribution is 2.22. The number of carbonyl (C=O) groups is 2. The molecule has 2 amide bonds. The van der Waals surface area contributed by atoms with E-state index in [1.54, 1.807) is 0 Å². The second-order valence-electron chi connectivity index (χ2n) is 5.78. The molecule has 0 heterocycles. The molecule has 0 unspecified atom stereocenters. The maximum atomic E-state index is 12.4. The van der Waals surface area contributed by atoms with Crippen LogP contribution in [0.3, 0.4) is 0 Å². The number of amides is 2. The van der Waals surface area contributed by atoms with Crippen LogP contribution in [0, 0.1) is 6.92 Å². The summed E-state index contributed by atoms with van der Waals surface area (Å²) in [5.41, 5.74) is 2.02. The van der Waals surface area contributed by atoms with Gasteiger partial charge in [-0.15, -0.1) is 0 Å². The molecule has 2 N–H and O–H groups in total. The van der Waals surface area contributed by atoms with Crippen molar-refractivity contribution < 1.29 is 9.59 Å². The third-order valence-corrected chi connectivity index (χ3v) is 3.61. The molecule has 21 heavy (non-hydrogen) atoms. The van der Waals surface area contributed by atoms with Gasteiger partial charge in [0.2, 0.25) is 11.8 Å². The number of hydrogen-bond donors (Lipinski definition) is 2. The molecule has 0 saturated heterocycles. The van der Waals surface area contributed by atoms with Gasteiger partial charge in [-0.1, -0.05) is 24.3 Å². The zero-order valence-electron chi connectivity index (χ0n) is 12.8. The van der Waals surface area contributed by atoms with Crippen LogP contribution >= 0.6 is 0 Å². The molecule has 1 fully saturated rings. The lowest BCUT2D eigenvalue weighted by Gasteiger charge is -2.25. The number of carbonyl (C=O) groups excluding carboxylic acids is 2. The van der Waals surface area contributed by atoms with E-state index < -0.39 is 0 Å². The first kappa shape index (κ1) is 15.5. The van der Waals surface area contributed by atoms with Crippen LogP contribution in [0.15, 0.2) is 24.3 Å². The predicted octanol–water partition coefficient (Wildman–Crippen LogP) is 0.993. The Morgan fingerprint density at radius 1 is 1.29 bits per heavy atom. The number of likely N-dealkylation sites (N-methyl/N-ethyl adjacent to an activating group) is 1. The molecule has 0 spiro atoms. The minimum absolute atomic E-state index is 0.0333. The van der Waals surface area contributed by atoms with Gasteiger partial charge in [0.15, 0.2) is 0 Å². The molecule has 2 rings (SSSR count). The van der Waals surface area contributed by atoms with E-state index >= 15 is 0 Å². The second-order valence-corrected chi connectivity index (χ2v) is 5.78. The maximum Gasteiger partial charge on any atom is 0.242 e. The van der Waals surface area contributed by atoms with Crippen molar-refractivity contribution >= 4 is 11.8 Å². The molecule has 5 nitrogen and oxygen atoms in total. The average molecular weight is 289 g/mol. The topological polar surface area (TPSA) is 61.4 Å². The molecule has 1 aliphatic rings. The van der Waals surface area contributed by atoms with Crippen molar-refractivity contribution in [2.45, 2.75) is 31.8 Å². The van der Waals surface area contributed by atoms with E-state index in [0.29, 0.717) is 6.04 Å². The minimum atomic E-state index is -0.389. The molecule has 5 heteroatoms. The van der Waals surface area contributed by atoms with Crippen molar-refractivity contribution in [3.8, 4) is 0 Å². The Balaban J connectivity index is 1.99. The van der Waals surface area contributed by atoms with Crippen LogP contribution in [0.1, 0.15) is 30.0 Å². The van der Waals surface area contributed by atoms with E-state index in [2.05, 4.69) is 10.6 Å². The molecule has 1 saturated carbocycles. The monoisotopic (exact) mass is 289 g/mol. The standard InChI is InChI=1S/C16H23N3O2/c1-11-6-4-5-7-13(11)15(19(2)3)16(21)17-10-14(20)18-12-8-9-12/h4-7,12,15H,8-10H2,1-3H3,(H,17,21)(H,18,20)/t15-/m0/s1. The lowest BCUT2D eigenvalue weighted by Crippen LogP contribution is -2.42. The summed E-state index contributed by atoms with van der Waals surface area (Å²) in [5.74, 6) is -0.270. The third-order valence-electron chi connectivity index (χ3n) is 3.61. The Hall–Kier alpha value is -1.88. The number of rotatable bonds is 6. The molecule has 0 aromatic heterocycles. The molecule has 0 bridgehead atoms. The molecule has 0 aliphatic heterocycles. The summed E-state index contributed by atoms with van der Waals surface area (Å²) in [7, 11) is 3.72. The van der Waals surface area contributed by atoms with Crippen LogP contribution in [-0.4, -0.2) is 43.4 Å². The summed E-state index contributed by atoms with van der Waals surface area (Å²) in [6, 6.07) is 7.73. The quantitative estimate of drug-likeness (QED) is 0.821. The Labute approximate surface area is 125 Å². The zero-order valence-corrected chi connectivity index (χ0v) is 12.8. The van der Waals surface area contributed by atoms with E-state index in [1.165, 1.54) is 0 Å². The molecule has 1 aromatic rings. The van der Waals surface area contributed by atoms with Crippen molar-refractivity contribution in [2.24, 2.45) is 0 Å². The van der Waals surface area contributed by atoms with Gasteiger partial charge in [-0.05, 0) is 45.0 Å². The van der Waals surface area contributed by atoms with E-state index in [9.17, 15) is 9.59 Å². The summed E-state index contributed by atoms with van der Waals surface area (Å²) in [6.45, 7) is 2.02. The molecule has 114 valence electrons. The SMILES string of the molecule is Cc1ccccc1[C@@H](C(=O)NCC(=O)NC1CC1)N(C)C. The largest absolute Gasteiger partial charge is 0.352 e. The van der Waals surface area contributed by atoms with Crippen LogP contribution in [0.5, 0.6) is 0 Å². The summed E-state index contributed by atoms with van der Waals surface area (Å²) >= 11 is 0. The fourth-order valence-electron chi connectivity index (χ4n) is 2.32. The van der Waals surface area contributed by atoms with Gasteiger partial charge in [-0.3, -0.25) is 14.5 Å². The number of aryl methyl sites for hydroxylation is 1. The Morgan fingerprint density at radius 3 is 2.52 bits per heavy atom. The Bertz CT molecular complexity index is 524. The van der Waals surface area contributed by atoms with Gasteiger partial charge in [0.1, 0.15) is 6.04 Å². The van der Waals surface area contributed by atoms with E-state index in [4.69, 9.17) is 0 Å². The summed E-state index contributed by atoms with van der Waals surface area (Å²) in [5, 5.41) is 5.59. The van der Waals surface area contributed by atoms with Gasteiger partial charge in [0, 0.05) is 6.04 Å². The molecular formula is C16H23N3O2. The first-order chi connectivity index (χ1) is 9.99. The van der Waals surface area contributed by atoms with Gasteiger partial charge in [0.05, 0.1) is 6.54 Å². The van der Waals surface area contributed by atoms with Crippen molar-refractivity contribution in [1.29, 1.82) is 0 Å². The fourth-order valence-corrected chi connectivity index (χ4v) is 2.32. The Kier molecular flexibility index (Phi) is 4.96. The van der Waals surface area contributed by atoms with Gasteiger partial charge in [0.25, 0.3) is 0 Å². The fraction of sp³-hybridized carbons (Fsp3) is 0.500. The van der Waals surface area contributed by atoms with Gasteiger partial charge in [-0.25, -0.2) is 0 Å². The number of hydrogen-bond acceptors (Lipinski definition) is 3. The molecule has 1 aliphatic carbocycles. The highest BCUT2D eigenvalue weighted by atomic mass is 16.2. The van der Waals surface area contributed by atoms with Gasteiger partial charge < -0.3 is 10.6 Å². The average Bonchev–Trinajstić information content (AvgIpc) is 3.22. The second kappa shape index (κ2) is 6.72. The third kappa shape index (κ3) is 4.29. The van der Waals surface area contributed by atoms with E-state index in [0.717, 1.165) is 24.0 Å². The summed E-state index contributed by atoms with van der Waals surface area (Å²) in [4.78, 5) is 25.9. The Morgan fingerprint density at radius 2 is 1.95 bits per heavy atom.